The summed E-state index contributed by atoms with van der Waals surface area (Å²) in [5.74, 6) is 0.0419. The van der Waals surface area contributed by atoms with Crippen LogP contribution in [0.2, 0.25) is 0 Å². The lowest BCUT2D eigenvalue weighted by Crippen LogP contribution is -2.35. The van der Waals surface area contributed by atoms with Crippen LogP contribution in [0, 0.1) is 6.92 Å². The Morgan fingerprint density at radius 3 is 2.81 bits per heavy atom. The molecule has 1 aliphatic carbocycles. The Bertz CT molecular complexity index is 385. The molecule has 0 unspecified atom stereocenters. The van der Waals surface area contributed by atoms with E-state index >= 15 is 0 Å². The second kappa shape index (κ2) is 4.66. The molecule has 0 heterocycles. The number of hydrogen-bond acceptors (Lipinski definition) is 2. The number of nitrogens with zero attached hydrogens (tertiary/aromatic N) is 1. The highest BCUT2D eigenvalue weighted by Crippen LogP contribution is 2.28. The van der Waals surface area contributed by atoms with Crippen LogP contribution >= 0.6 is 0 Å². The van der Waals surface area contributed by atoms with Crippen LogP contribution in [0.4, 0.5) is 0 Å². The number of benzene rings is 1. The van der Waals surface area contributed by atoms with E-state index < -0.39 is 0 Å². The van der Waals surface area contributed by atoms with Crippen molar-refractivity contribution in [3.63, 3.8) is 0 Å². The monoisotopic (exact) mass is 219 g/mol. The first kappa shape index (κ1) is 11.1. The van der Waals surface area contributed by atoms with Gasteiger partial charge in [0.15, 0.2) is 0 Å². The van der Waals surface area contributed by atoms with Gasteiger partial charge < -0.3 is 10.0 Å². The molecule has 3 nitrogen and oxygen atoms in total. The maximum absolute atomic E-state index is 12.2. The summed E-state index contributed by atoms with van der Waals surface area (Å²) in [6.45, 7) is 2.45. The Labute approximate surface area is 95.7 Å². The van der Waals surface area contributed by atoms with E-state index in [0.29, 0.717) is 12.6 Å². The Kier molecular flexibility index (Phi) is 3.25. The zero-order chi connectivity index (χ0) is 11.5. The molecule has 1 fully saturated rings. The van der Waals surface area contributed by atoms with Gasteiger partial charge in [0.2, 0.25) is 0 Å². The summed E-state index contributed by atoms with van der Waals surface area (Å²) in [5.41, 5.74) is 1.81. The molecule has 0 aliphatic heterocycles. The van der Waals surface area contributed by atoms with Gasteiger partial charge in [-0.05, 0) is 31.9 Å². The van der Waals surface area contributed by atoms with Crippen LogP contribution in [0.5, 0.6) is 0 Å². The third kappa shape index (κ3) is 2.42. The molecule has 1 amide bonds. The van der Waals surface area contributed by atoms with Crippen molar-refractivity contribution in [2.24, 2.45) is 0 Å². The van der Waals surface area contributed by atoms with E-state index in [4.69, 9.17) is 5.11 Å². The summed E-state index contributed by atoms with van der Waals surface area (Å²) in [6.07, 6.45) is 2.13. The second-order valence-corrected chi connectivity index (χ2v) is 4.32. The van der Waals surface area contributed by atoms with Gasteiger partial charge in [-0.2, -0.15) is 0 Å². The number of carbonyl (C=O) groups excluding carboxylic acids is 1. The van der Waals surface area contributed by atoms with Gasteiger partial charge in [-0.1, -0.05) is 17.7 Å². The predicted molar refractivity (Wildman–Crippen MR) is 62.3 cm³/mol. The van der Waals surface area contributed by atoms with Crippen molar-refractivity contribution < 1.29 is 9.90 Å². The standard InChI is InChI=1S/C13H17NO2/c1-10-3-2-4-11(9-10)13(16)14(7-8-15)12-5-6-12/h2-4,9,12,15H,5-8H2,1H3. The van der Waals surface area contributed by atoms with E-state index in [1.54, 1.807) is 4.90 Å². The summed E-state index contributed by atoms with van der Waals surface area (Å²) in [5, 5.41) is 8.97. The summed E-state index contributed by atoms with van der Waals surface area (Å²) >= 11 is 0. The maximum Gasteiger partial charge on any atom is 0.254 e. The molecule has 0 aromatic heterocycles. The van der Waals surface area contributed by atoms with Crippen molar-refractivity contribution in [3.05, 3.63) is 35.4 Å². The minimum absolute atomic E-state index is 0.0358. The van der Waals surface area contributed by atoms with Crippen LogP contribution in [-0.2, 0) is 0 Å². The molecule has 1 aliphatic rings. The number of rotatable bonds is 4. The van der Waals surface area contributed by atoms with Crippen LogP contribution in [0.3, 0.4) is 0 Å². The lowest BCUT2D eigenvalue weighted by Gasteiger charge is -2.21. The van der Waals surface area contributed by atoms with E-state index in [-0.39, 0.29) is 12.5 Å². The van der Waals surface area contributed by atoms with E-state index in [2.05, 4.69) is 0 Å². The number of amides is 1. The fourth-order valence-corrected chi connectivity index (χ4v) is 1.89. The van der Waals surface area contributed by atoms with Gasteiger partial charge in [-0.15, -0.1) is 0 Å². The van der Waals surface area contributed by atoms with Gasteiger partial charge >= 0.3 is 0 Å². The maximum atomic E-state index is 12.2. The summed E-state index contributed by atoms with van der Waals surface area (Å²) < 4.78 is 0. The summed E-state index contributed by atoms with van der Waals surface area (Å²) in [4.78, 5) is 14.0. The molecular weight excluding hydrogens is 202 g/mol. The first-order valence-electron chi connectivity index (χ1n) is 5.71. The average Bonchev–Trinajstić information content (AvgIpc) is 3.09. The molecule has 1 aromatic carbocycles. The highest BCUT2D eigenvalue weighted by Gasteiger charge is 2.32. The fraction of sp³-hybridized carbons (Fsp3) is 0.462. The number of carbonyl (C=O) groups is 1. The molecule has 1 N–H and O–H groups in total. The lowest BCUT2D eigenvalue weighted by molar-refractivity contribution is 0.0707. The first-order chi connectivity index (χ1) is 7.72. The molecule has 0 saturated heterocycles. The summed E-state index contributed by atoms with van der Waals surface area (Å²) in [7, 11) is 0. The smallest absolute Gasteiger partial charge is 0.254 e. The van der Waals surface area contributed by atoms with Gasteiger partial charge in [0.05, 0.1) is 6.61 Å². The van der Waals surface area contributed by atoms with Crippen molar-refractivity contribution in [1.29, 1.82) is 0 Å². The third-order valence-electron chi connectivity index (χ3n) is 2.85. The summed E-state index contributed by atoms with van der Waals surface area (Å²) in [6, 6.07) is 7.95. The lowest BCUT2D eigenvalue weighted by atomic mass is 10.1. The van der Waals surface area contributed by atoms with Crippen molar-refractivity contribution in [2.45, 2.75) is 25.8 Å². The molecule has 2 rings (SSSR count). The molecule has 1 aromatic rings. The molecule has 0 radical (unpaired) electrons. The predicted octanol–water partition coefficient (Wildman–Crippen LogP) is 1.59. The largest absolute Gasteiger partial charge is 0.395 e. The quantitative estimate of drug-likeness (QED) is 0.835. The molecular formula is C13H17NO2. The minimum Gasteiger partial charge on any atom is -0.395 e. The van der Waals surface area contributed by atoms with E-state index in [9.17, 15) is 4.79 Å². The van der Waals surface area contributed by atoms with Crippen molar-refractivity contribution in [1.82, 2.24) is 4.90 Å². The van der Waals surface area contributed by atoms with Crippen molar-refractivity contribution in [3.8, 4) is 0 Å². The number of aliphatic hydroxyl groups is 1. The van der Waals surface area contributed by atoms with Gasteiger partial charge in [0.25, 0.3) is 5.91 Å². The zero-order valence-corrected chi connectivity index (χ0v) is 9.52. The van der Waals surface area contributed by atoms with Gasteiger partial charge in [0.1, 0.15) is 0 Å². The Hall–Kier alpha value is -1.35. The van der Waals surface area contributed by atoms with E-state index in [1.165, 1.54) is 0 Å². The molecule has 0 atom stereocenters. The van der Waals surface area contributed by atoms with E-state index in [1.807, 2.05) is 31.2 Å². The first-order valence-corrected chi connectivity index (χ1v) is 5.71. The van der Waals surface area contributed by atoms with Gasteiger partial charge in [-0.25, -0.2) is 0 Å². The number of aryl methyl sites for hydroxylation is 1. The number of aliphatic hydroxyl groups excluding tert-OH is 1. The molecule has 0 spiro atoms. The van der Waals surface area contributed by atoms with Crippen molar-refractivity contribution >= 4 is 5.91 Å². The van der Waals surface area contributed by atoms with Crippen LogP contribution in [0.15, 0.2) is 24.3 Å². The Morgan fingerprint density at radius 1 is 1.50 bits per heavy atom. The molecule has 16 heavy (non-hydrogen) atoms. The highest BCUT2D eigenvalue weighted by molar-refractivity contribution is 5.94. The Balaban J connectivity index is 2.15. The SMILES string of the molecule is Cc1cccc(C(=O)N(CCO)C2CC2)c1. The molecule has 3 heteroatoms. The molecule has 0 bridgehead atoms. The van der Waals surface area contributed by atoms with Crippen LogP contribution in [0.25, 0.3) is 0 Å². The number of hydrogen-bond donors (Lipinski definition) is 1. The van der Waals surface area contributed by atoms with Crippen LogP contribution < -0.4 is 0 Å². The van der Waals surface area contributed by atoms with Gasteiger partial charge in [0, 0.05) is 18.2 Å². The van der Waals surface area contributed by atoms with Crippen LogP contribution in [-0.4, -0.2) is 35.1 Å². The molecule has 86 valence electrons. The van der Waals surface area contributed by atoms with Gasteiger partial charge in [-0.3, -0.25) is 4.79 Å². The average molecular weight is 219 g/mol. The Morgan fingerprint density at radius 2 is 2.25 bits per heavy atom. The zero-order valence-electron chi connectivity index (χ0n) is 9.52. The fourth-order valence-electron chi connectivity index (χ4n) is 1.89. The highest BCUT2D eigenvalue weighted by atomic mass is 16.3. The van der Waals surface area contributed by atoms with E-state index in [0.717, 1.165) is 24.0 Å². The normalized spacial score (nSPS) is 14.9. The van der Waals surface area contributed by atoms with Crippen molar-refractivity contribution in [2.75, 3.05) is 13.2 Å². The molecule has 1 saturated carbocycles. The topological polar surface area (TPSA) is 40.5 Å². The van der Waals surface area contributed by atoms with Crippen LogP contribution in [0.1, 0.15) is 28.8 Å². The minimum atomic E-state index is 0.0358. The second-order valence-electron chi connectivity index (χ2n) is 4.32. The third-order valence-corrected chi connectivity index (χ3v) is 2.85.